The molecule has 0 aliphatic carbocycles. The molecule has 0 aliphatic heterocycles. The number of hydrogen-bond donors (Lipinski definition) is 2. The minimum Gasteiger partial charge on any atom is -0.493 e. The lowest BCUT2D eigenvalue weighted by Crippen LogP contribution is -2.20. The fourth-order valence-electron chi connectivity index (χ4n) is 1.19. The molecule has 1 rings (SSSR count). The number of hydrogen-bond acceptors (Lipinski definition) is 4. The molecule has 0 aromatic heterocycles. The van der Waals surface area contributed by atoms with Gasteiger partial charge in [-0.25, -0.2) is 0 Å². The zero-order valence-electron chi connectivity index (χ0n) is 8.13. The maximum atomic E-state index is 5.98. The highest BCUT2D eigenvalue weighted by Gasteiger charge is 2.10. The molecular weight excluding hydrogens is 204 g/mol. The molecule has 5 heteroatoms. The second-order valence-corrected chi connectivity index (χ2v) is 3.10. The van der Waals surface area contributed by atoms with Gasteiger partial charge in [-0.2, -0.15) is 0 Å². The third kappa shape index (κ3) is 2.29. The smallest absolute Gasteiger partial charge is 0.179 e. The Kier molecular flexibility index (Phi) is 4.00. The molecule has 0 spiro atoms. The Morgan fingerprint density at radius 2 is 2.07 bits per heavy atom. The lowest BCUT2D eigenvalue weighted by atomic mass is 10.2. The summed E-state index contributed by atoms with van der Waals surface area (Å²) in [6, 6.07) is 3.60. The number of rotatable bonds is 4. The summed E-state index contributed by atoms with van der Waals surface area (Å²) in [7, 11) is 3.11. The zero-order chi connectivity index (χ0) is 10.6. The first-order valence-electron chi connectivity index (χ1n) is 4.06. The van der Waals surface area contributed by atoms with E-state index in [1.165, 1.54) is 0 Å². The number of benzene rings is 1. The summed E-state index contributed by atoms with van der Waals surface area (Å²) >= 11 is 5.98. The molecular formula is C9H13ClN2O2. The van der Waals surface area contributed by atoms with Crippen LogP contribution in [-0.4, -0.2) is 14.2 Å². The van der Waals surface area contributed by atoms with Crippen LogP contribution in [-0.2, 0) is 6.54 Å². The van der Waals surface area contributed by atoms with Gasteiger partial charge in [0.2, 0.25) is 0 Å². The normalized spacial score (nSPS) is 10.0. The summed E-state index contributed by atoms with van der Waals surface area (Å²) in [6.07, 6.45) is 0. The van der Waals surface area contributed by atoms with Gasteiger partial charge in [0, 0.05) is 6.54 Å². The van der Waals surface area contributed by atoms with Gasteiger partial charge in [0.25, 0.3) is 0 Å². The summed E-state index contributed by atoms with van der Waals surface area (Å²) < 4.78 is 10.2. The van der Waals surface area contributed by atoms with Crippen LogP contribution in [0.1, 0.15) is 5.56 Å². The van der Waals surface area contributed by atoms with E-state index in [4.69, 9.17) is 26.9 Å². The van der Waals surface area contributed by atoms with Gasteiger partial charge in [0.1, 0.15) is 0 Å². The summed E-state index contributed by atoms with van der Waals surface area (Å²) in [5, 5.41) is 0.511. The van der Waals surface area contributed by atoms with E-state index in [1.54, 1.807) is 20.3 Å². The van der Waals surface area contributed by atoms with Gasteiger partial charge in [-0.3, -0.25) is 11.3 Å². The molecule has 14 heavy (non-hydrogen) atoms. The van der Waals surface area contributed by atoms with E-state index >= 15 is 0 Å². The van der Waals surface area contributed by atoms with Crippen molar-refractivity contribution in [1.82, 2.24) is 5.43 Å². The summed E-state index contributed by atoms with van der Waals surface area (Å²) in [4.78, 5) is 0. The van der Waals surface area contributed by atoms with E-state index in [0.717, 1.165) is 5.56 Å². The second kappa shape index (κ2) is 5.05. The van der Waals surface area contributed by atoms with Crippen LogP contribution in [0, 0.1) is 0 Å². The Hall–Kier alpha value is -0.970. The molecule has 0 heterocycles. The van der Waals surface area contributed by atoms with Gasteiger partial charge in [-0.05, 0) is 17.7 Å². The van der Waals surface area contributed by atoms with Gasteiger partial charge in [-0.1, -0.05) is 11.6 Å². The molecule has 0 atom stereocenters. The fraction of sp³-hybridized carbons (Fsp3) is 0.333. The van der Waals surface area contributed by atoms with E-state index in [1.807, 2.05) is 6.07 Å². The van der Waals surface area contributed by atoms with Crippen molar-refractivity contribution >= 4 is 11.6 Å². The molecule has 0 fully saturated rings. The standard InChI is InChI=1S/C9H13ClN2O2/c1-13-8-4-6(5-12-11)3-7(10)9(8)14-2/h3-4,12H,5,11H2,1-2H3. The highest BCUT2D eigenvalue weighted by Crippen LogP contribution is 2.35. The molecule has 0 aliphatic rings. The van der Waals surface area contributed by atoms with Gasteiger partial charge < -0.3 is 9.47 Å². The molecule has 0 bridgehead atoms. The zero-order valence-corrected chi connectivity index (χ0v) is 8.89. The predicted octanol–water partition coefficient (Wildman–Crippen LogP) is 1.32. The highest BCUT2D eigenvalue weighted by atomic mass is 35.5. The molecule has 1 aromatic carbocycles. The Morgan fingerprint density at radius 1 is 1.36 bits per heavy atom. The van der Waals surface area contributed by atoms with E-state index in [0.29, 0.717) is 23.1 Å². The number of hydrazine groups is 1. The first-order chi connectivity index (χ1) is 6.72. The van der Waals surface area contributed by atoms with Gasteiger partial charge in [0.05, 0.1) is 19.2 Å². The second-order valence-electron chi connectivity index (χ2n) is 2.69. The quantitative estimate of drug-likeness (QED) is 0.589. The van der Waals surface area contributed by atoms with Crippen LogP contribution in [0.2, 0.25) is 5.02 Å². The average molecular weight is 217 g/mol. The largest absolute Gasteiger partial charge is 0.493 e. The van der Waals surface area contributed by atoms with E-state index < -0.39 is 0 Å². The predicted molar refractivity (Wildman–Crippen MR) is 55.6 cm³/mol. The molecule has 0 radical (unpaired) electrons. The lowest BCUT2D eigenvalue weighted by Gasteiger charge is -2.11. The van der Waals surface area contributed by atoms with Crippen molar-refractivity contribution < 1.29 is 9.47 Å². The van der Waals surface area contributed by atoms with Crippen molar-refractivity contribution in [3.8, 4) is 11.5 Å². The maximum absolute atomic E-state index is 5.98. The van der Waals surface area contributed by atoms with Crippen LogP contribution in [0.25, 0.3) is 0 Å². The monoisotopic (exact) mass is 216 g/mol. The topological polar surface area (TPSA) is 56.5 Å². The van der Waals surface area contributed by atoms with Crippen LogP contribution >= 0.6 is 11.6 Å². The van der Waals surface area contributed by atoms with E-state index in [2.05, 4.69) is 5.43 Å². The Balaban J connectivity index is 3.10. The van der Waals surface area contributed by atoms with Crippen molar-refractivity contribution in [1.29, 1.82) is 0 Å². The van der Waals surface area contributed by atoms with Crippen LogP contribution in [0.5, 0.6) is 11.5 Å². The molecule has 0 saturated carbocycles. The molecule has 0 amide bonds. The molecule has 0 saturated heterocycles. The molecule has 3 N–H and O–H groups in total. The number of nitrogens with one attached hydrogen (secondary N) is 1. The number of nitrogens with two attached hydrogens (primary N) is 1. The average Bonchev–Trinajstić information content (AvgIpc) is 2.17. The van der Waals surface area contributed by atoms with Crippen molar-refractivity contribution in [2.24, 2.45) is 5.84 Å². The number of halogens is 1. The van der Waals surface area contributed by atoms with Crippen LogP contribution in [0.3, 0.4) is 0 Å². The number of methoxy groups -OCH3 is 2. The van der Waals surface area contributed by atoms with Crippen LogP contribution in [0.4, 0.5) is 0 Å². The maximum Gasteiger partial charge on any atom is 0.179 e. The van der Waals surface area contributed by atoms with Gasteiger partial charge in [0.15, 0.2) is 11.5 Å². The SMILES string of the molecule is COc1cc(CNN)cc(Cl)c1OC. The Morgan fingerprint density at radius 3 is 2.57 bits per heavy atom. The van der Waals surface area contributed by atoms with Crippen molar-refractivity contribution in [3.05, 3.63) is 22.7 Å². The first-order valence-corrected chi connectivity index (χ1v) is 4.44. The lowest BCUT2D eigenvalue weighted by molar-refractivity contribution is 0.354. The molecule has 4 nitrogen and oxygen atoms in total. The van der Waals surface area contributed by atoms with Crippen molar-refractivity contribution in [2.75, 3.05) is 14.2 Å². The number of ether oxygens (including phenoxy) is 2. The van der Waals surface area contributed by atoms with E-state index in [-0.39, 0.29) is 0 Å². The van der Waals surface area contributed by atoms with Crippen molar-refractivity contribution in [2.45, 2.75) is 6.54 Å². The summed E-state index contributed by atoms with van der Waals surface area (Å²) in [5.41, 5.74) is 3.48. The minimum atomic E-state index is 0.511. The third-order valence-electron chi connectivity index (χ3n) is 1.80. The Bertz CT molecular complexity index is 318. The fourth-order valence-corrected chi connectivity index (χ4v) is 1.50. The van der Waals surface area contributed by atoms with Crippen LogP contribution in [0.15, 0.2) is 12.1 Å². The summed E-state index contributed by atoms with van der Waals surface area (Å²) in [5.74, 6) is 6.35. The molecule has 1 aromatic rings. The van der Waals surface area contributed by atoms with Gasteiger partial charge >= 0.3 is 0 Å². The van der Waals surface area contributed by atoms with Gasteiger partial charge in [-0.15, -0.1) is 0 Å². The first kappa shape index (κ1) is 11.1. The van der Waals surface area contributed by atoms with Crippen LogP contribution < -0.4 is 20.7 Å². The van der Waals surface area contributed by atoms with Crippen molar-refractivity contribution in [3.63, 3.8) is 0 Å². The van der Waals surface area contributed by atoms with E-state index in [9.17, 15) is 0 Å². The third-order valence-corrected chi connectivity index (χ3v) is 2.08. The Labute approximate surface area is 87.9 Å². The molecule has 78 valence electrons. The minimum absolute atomic E-state index is 0.511. The summed E-state index contributed by atoms with van der Waals surface area (Å²) in [6.45, 7) is 0.528. The highest BCUT2D eigenvalue weighted by molar-refractivity contribution is 6.32. The molecule has 0 unspecified atom stereocenters.